The predicted octanol–water partition coefficient (Wildman–Crippen LogP) is 3.14. The summed E-state index contributed by atoms with van der Waals surface area (Å²) in [7, 11) is -0.545. The second-order valence-electron chi connectivity index (χ2n) is 6.59. The first-order chi connectivity index (χ1) is 10.7. The van der Waals surface area contributed by atoms with Crippen LogP contribution in [-0.2, 0) is 9.31 Å². The molecule has 3 rings (SSSR count). The Bertz CT molecular complexity index is 720. The highest BCUT2D eigenvalue weighted by atomic mass is 19.3. The molecule has 7 heteroatoms. The number of halogens is 2. The molecule has 0 saturated carbocycles. The van der Waals surface area contributed by atoms with Gasteiger partial charge in [-0.2, -0.15) is 8.78 Å². The Labute approximate surface area is 133 Å². The van der Waals surface area contributed by atoms with Crippen molar-refractivity contribution in [2.45, 2.75) is 45.5 Å². The zero-order valence-electron chi connectivity index (χ0n) is 13.5. The number of pyridine rings is 1. The standard InChI is InChI=1S/C16H18BF2NO3/c1-15(2)16(3,4)23-17(22-15)11-7-10-8-12(21-14(18)19)5-6-13(10)20-9-11/h5-9,14H,1-4H3. The largest absolute Gasteiger partial charge is 0.496 e. The maximum Gasteiger partial charge on any atom is 0.496 e. The Kier molecular flexibility index (Phi) is 3.81. The third kappa shape index (κ3) is 3.03. The number of nitrogens with zero attached hydrogens (tertiary/aromatic N) is 1. The van der Waals surface area contributed by atoms with Gasteiger partial charge in [0.1, 0.15) is 5.75 Å². The molecule has 0 aliphatic carbocycles. The van der Waals surface area contributed by atoms with Gasteiger partial charge in [-0.25, -0.2) is 0 Å². The molecule has 0 spiro atoms. The van der Waals surface area contributed by atoms with Crippen molar-refractivity contribution in [2.24, 2.45) is 0 Å². The zero-order chi connectivity index (χ0) is 16.8. The van der Waals surface area contributed by atoms with Crippen LogP contribution in [0.3, 0.4) is 0 Å². The summed E-state index contributed by atoms with van der Waals surface area (Å²) in [5, 5.41) is 0.690. The fourth-order valence-corrected chi connectivity index (χ4v) is 2.41. The lowest BCUT2D eigenvalue weighted by Crippen LogP contribution is -2.41. The van der Waals surface area contributed by atoms with Crippen LogP contribution in [0.2, 0.25) is 0 Å². The first kappa shape index (κ1) is 16.1. The van der Waals surface area contributed by atoms with E-state index >= 15 is 0 Å². The summed E-state index contributed by atoms with van der Waals surface area (Å²) in [6, 6.07) is 6.46. The van der Waals surface area contributed by atoms with Crippen molar-refractivity contribution in [1.29, 1.82) is 0 Å². The van der Waals surface area contributed by atoms with Crippen molar-refractivity contribution in [1.82, 2.24) is 4.98 Å². The van der Waals surface area contributed by atoms with Crippen molar-refractivity contribution in [2.75, 3.05) is 0 Å². The van der Waals surface area contributed by atoms with Crippen molar-refractivity contribution in [3.8, 4) is 5.75 Å². The van der Waals surface area contributed by atoms with Crippen molar-refractivity contribution in [3.05, 3.63) is 30.5 Å². The summed E-state index contributed by atoms with van der Waals surface area (Å²) in [4.78, 5) is 4.34. The predicted molar refractivity (Wildman–Crippen MR) is 84.1 cm³/mol. The molecule has 2 aromatic rings. The molecule has 23 heavy (non-hydrogen) atoms. The number of rotatable bonds is 3. The van der Waals surface area contributed by atoms with E-state index in [4.69, 9.17) is 9.31 Å². The van der Waals surface area contributed by atoms with Gasteiger partial charge >= 0.3 is 13.7 Å². The van der Waals surface area contributed by atoms with Gasteiger partial charge in [-0.05, 0) is 45.9 Å². The van der Waals surface area contributed by atoms with Crippen LogP contribution in [-0.4, -0.2) is 29.9 Å². The molecule has 4 nitrogen and oxygen atoms in total. The van der Waals surface area contributed by atoms with E-state index in [0.717, 1.165) is 5.46 Å². The summed E-state index contributed by atoms with van der Waals surface area (Å²) < 4.78 is 41.1. The fourth-order valence-electron chi connectivity index (χ4n) is 2.41. The average Bonchev–Trinajstić information content (AvgIpc) is 2.66. The normalized spacial score (nSPS) is 19.5. The minimum absolute atomic E-state index is 0.0976. The van der Waals surface area contributed by atoms with Crippen LogP contribution in [0.1, 0.15) is 27.7 Å². The molecule has 0 atom stereocenters. The zero-order valence-corrected chi connectivity index (χ0v) is 13.5. The second-order valence-corrected chi connectivity index (χ2v) is 6.59. The highest BCUT2D eigenvalue weighted by Gasteiger charge is 2.51. The maximum absolute atomic E-state index is 12.3. The summed E-state index contributed by atoms with van der Waals surface area (Å²) in [6.07, 6.45) is 1.68. The van der Waals surface area contributed by atoms with E-state index in [-0.39, 0.29) is 5.75 Å². The Balaban J connectivity index is 1.93. The van der Waals surface area contributed by atoms with Gasteiger partial charge < -0.3 is 14.0 Å². The number of alkyl halides is 2. The highest BCUT2D eigenvalue weighted by Crippen LogP contribution is 2.36. The minimum Gasteiger partial charge on any atom is -0.435 e. The molecule has 122 valence electrons. The lowest BCUT2D eigenvalue weighted by atomic mass is 9.80. The lowest BCUT2D eigenvalue weighted by molar-refractivity contribution is -0.0497. The number of ether oxygens (including phenoxy) is 1. The molecular weight excluding hydrogens is 303 g/mol. The summed E-state index contributed by atoms with van der Waals surface area (Å²) in [6.45, 7) is 5.02. The number of fused-ring (bicyclic) bond motifs is 1. The van der Waals surface area contributed by atoms with Crippen molar-refractivity contribution < 1.29 is 22.8 Å². The Morgan fingerprint density at radius 2 is 1.74 bits per heavy atom. The molecule has 0 amide bonds. The first-order valence-electron chi connectivity index (χ1n) is 7.38. The van der Waals surface area contributed by atoms with Gasteiger partial charge in [-0.1, -0.05) is 6.07 Å². The number of hydrogen-bond acceptors (Lipinski definition) is 4. The van der Waals surface area contributed by atoms with Crippen molar-refractivity contribution >= 4 is 23.5 Å². The summed E-state index contributed by atoms with van der Waals surface area (Å²) in [5.41, 5.74) is 0.526. The Morgan fingerprint density at radius 3 is 2.35 bits per heavy atom. The van der Waals surface area contributed by atoms with Gasteiger partial charge in [-0.15, -0.1) is 0 Å². The van der Waals surface area contributed by atoms with Gasteiger partial charge in [0.15, 0.2) is 0 Å². The quantitative estimate of drug-likeness (QED) is 0.815. The van der Waals surface area contributed by atoms with Gasteiger partial charge in [0, 0.05) is 17.0 Å². The Hall–Kier alpha value is -1.73. The minimum atomic E-state index is -2.85. The lowest BCUT2D eigenvalue weighted by Gasteiger charge is -2.32. The van der Waals surface area contributed by atoms with Gasteiger partial charge in [-0.3, -0.25) is 4.98 Å². The molecule has 0 radical (unpaired) electrons. The van der Waals surface area contributed by atoms with Crippen LogP contribution in [0.5, 0.6) is 5.75 Å². The second kappa shape index (κ2) is 5.42. The topological polar surface area (TPSA) is 40.6 Å². The number of hydrogen-bond donors (Lipinski definition) is 0. The number of benzene rings is 1. The van der Waals surface area contributed by atoms with E-state index in [1.807, 2.05) is 33.8 Å². The third-order valence-corrected chi connectivity index (χ3v) is 4.42. The van der Waals surface area contributed by atoms with Crippen LogP contribution in [0, 0.1) is 0 Å². The van der Waals surface area contributed by atoms with Gasteiger partial charge in [0.25, 0.3) is 0 Å². The smallest absolute Gasteiger partial charge is 0.435 e. The number of aromatic nitrogens is 1. The van der Waals surface area contributed by atoms with E-state index < -0.39 is 24.9 Å². The monoisotopic (exact) mass is 321 g/mol. The van der Waals surface area contributed by atoms with E-state index in [0.29, 0.717) is 10.9 Å². The molecule has 1 aromatic carbocycles. The molecule has 1 aliphatic heterocycles. The van der Waals surface area contributed by atoms with E-state index in [2.05, 4.69) is 9.72 Å². The molecule has 0 unspecified atom stereocenters. The molecule has 1 aromatic heterocycles. The van der Waals surface area contributed by atoms with Crippen LogP contribution >= 0.6 is 0 Å². The average molecular weight is 321 g/mol. The third-order valence-electron chi connectivity index (χ3n) is 4.42. The van der Waals surface area contributed by atoms with Crippen LogP contribution in [0.25, 0.3) is 10.9 Å². The molecule has 0 N–H and O–H groups in total. The van der Waals surface area contributed by atoms with Crippen LogP contribution < -0.4 is 10.2 Å². The van der Waals surface area contributed by atoms with Gasteiger partial charge in [0.2, 0.25) is 0 Å². The van der Waals surface area contributed by atoms with Gasteiger partial charge in [0.05, 0.1) is 16.7 Å². The van der Waals surface area contributed by atoms with Crippen LogP contribution in [0.4, 0.5) is 8.78 Å². The van der Waals surface area contributed by atoms with Crippen molar-refractivity contribution in [3.63, 3.8) is 0 Å². The molecule has 2 heterocycles. The molecule has 1 fully saturated rings. The van der Waals surface area contributed by atoms with E-state index in [1.165, 1.54) is 12.1 Å². The van der Waals surface area contributed by atoms with Crippen LogP contribution in [0.15, 0.2) is 30.5 Å². The van der Waals surface area contributed by atoms with E-state index in [1.54, 1.807) is 12.3 Å². The first-order valence-corrected chi connectivity index (χ1v) is 7.38. The Morgan fingerprint density at radius 1 is 1.09 bits per heavy atom. The summed E-state index contributed by atoms with van der Waals surface area (Å²) in [5.74, 6) is 0.0976. The fraction of sp³-hybridized carbons (Fsp3) is 0.438. The highest BCUT2D eigenvalue weighted by molar-refractivity contribution is 6.62. The summed E-state index contributed by atoms with van der Waals surface area (Å²) >= 11 is 0. The molecule has 0 bridgehead atoms. The SMILES string of the molecule is CC1(C)OB(c2cnc3ccc(OC(F)F)cc3c2)OC1(C)C. The molecule has 1 saturated heterocycles. The molecule has 1 aliphatic rings. The van der Waals surface area contributed by atoms with E-state index in [9.17, 15) is 8.78 Å². The molecular formula is C16H18BF2NO3. The maximum atomic E-state index is 12.3.